The lowest BCUT2D eigenvalue weighted by atomic mass is 9.91. The number of aliphatic hydroxyl groups is 1. The largest absolute Gasteiger partial charge is 0.457 e. The third-order valence-corrected chi connectivity index (χ3v) is 4.00. The molecule has 2 aromatic rings. The number of para-hydroxylation sites is 1. The van der Waals surface area contributed by atoms with Gasteiger partial charge in [0.05, 0.1) is 12.7 Å². The van der Waals surface area contributed by atoms with Gasteiger partial charge in [-0.15, -0.1) is 0 Å². The summed E-state index contributed by atoms with van der Waals surface area (Å²) in [4.78, 5) is 0. The minimum Gasteiger partial charge on any atom is -0.457 e. The summed E-state index contributed by atoms with van der Waals surface area (Å²) in [7, 11) is 0. The maximum atomic E-state index is 13.6. The van der Waals surface area contributed by atoms with Gasteiger partial charge >= 0.3 is 12.4 Å². The lowest BCUT2D eigenvalue weighted by Gasteiger charge is -2.38. The summed E-state index contributed by atoms with van der Waals surface area (Å²) in [6.07, 6.45) is -13.1. The van der Waals surface area contributed by atoms with E-state index in [1.165, 1.54) is 6.92 Å². The van der Waals surface area contributed by atoms with Crippen molar-refractivity contribution in [1.82, 2.24) is 0 Å². The first-order valence-corrected chi connectivity index (χ1v) is 8.30. The van der Waals surface area contributed by atoms with Gasteiger partial charge in [-0.25, -0.2) is 0 Å². The molecule has 0 aromatic heterocycles. The predicted molar refractivity (Wildman–Crippen MR) is 89.0 cm³/mol. The quantitative estimate of drug-likeness (QED) is 0.608. The van der Waals surface area contributed by atoms with Crippen LogP contribution in [0.2, 0.25) is 0 Å². The van der Waals surface area contributed by atoms with Gasteiger partial charge in [-0.2, -0.15) is 26.3 Å². The molecule has 0 fully saturated rings. The Balaban J connectivity index is 2.42. The van der Waals surface area contributed by atoms with Crippen LogP contribution in [0.3, 0.4) is 0 Å². The minimum absolute atomic E-state index is 0.0572. The van der Waals surface area contributed by atoms with Gasteiger partial charge in [-0.1, -0.05) is 37.3 Å². The van der Waals surface area contributed by atoms with Crippen LogP contribution in [0.5, 0.6) is 11.5 Å². The number of aliphatic hydroxyl groups excluding tert-OH is 1. The molecule has 0 radical (unpaired) electrons. The molecule has 0 aliphatic heterocycles. The van der Waals surface area contributed by atoms with Gasteiger partial charge < -0.3 is 14.6 Å². The molecular formula is C19H18F6O3. The fourth-order valence-corrected chi connectivity index (χ4v) is 2.46. The zero-order chi connectivity index (χ0) is 21.0. The van der Waals surface area contributed by atoms with Gasteiger partial charge in [-0.3, -0.25) is 0 Å². The lowest BCUT2D eigenvalue weighted by Crippen LogP contribution is -2.56. The van der Waals surface area contributed by atoms with Crippen LogP contribution in [0.15, 0.2) is 54.6 Å². The summed E-state index contributed by atoms with van der Waals surface area (Å²) in [6, 6.07) is 11.5. The van der Waals surface area contributed by atoms with Crippen molar-refractivity contribution in [1.29, 1.82) is 0 Å². The van der Waals surface area contributed by atoms with Crippen LogP contribution in [-0.4, -0.2) is 30.2 Å². The highest BCUT2D eigenvalue weighted by Crippen LogP contribution is 2.53. The Morgan fingerprint density at radius 3 is 1.79 bits per heavy atom. The van der Waals surface area contributed by atoms with Crippen molar-refractivity contribution < 1.29 is 40.9 Å². The highest BCUT2D eigenvalue weighted by Gasteiger charge is 2.73. The average molecular weight is 408 g/mol. The van der Waals surface area contributed by atoms with Crippen molar-refractivity contribution in [3.8, 4) is 11.5 Å². The Bertz CT molecular complexity index is 727. The second kappa shape index (κ2) is 8.40. The molecule has 0 bridgehead atoms. The van der Waals surface area contributed by atoms with E-state index in [2.05, 4.69) is 4.74 Å². The number of hydrogen-bond donors (Lipinski definition) is 1. The Kier molecular flexibility index (Phi) is 6.61. The average Bonchev–Trinajstić information content (AvgIpc) is 2.61. The second-order valence-corrected chi connectivity index (χ2v) is 5.99. The summed E-state index contributed by atoms with van der Waals surface area (Å²) in [5.74, 6) is 0.428. The monoisotopic (exact) mass is 408 g/mol. The van der Waals surface area contributed by atoms with E-state index in [4.69, 9.17) is 4.74 Å². The van der Waals surface area contributed by atoms with Gasteiger partial charge in [0.1, 0.15) is 11.5 Å². The van der Waals surface area contributed by atoms with Crippen LogP contribution in [0, 0.1) is 0 Å². The highest BCUT2D eigenvalue weighted by molar-refractivity contribution is 5.36. The topological polar surface area (TPSA) is 38.7 Å². The van der Waals surface area contributed by atoms with Crippen molar-refractivity contribution >= 4 is 0 Å². The molecule has 1 unspecified atom stereocenters. The highest BCUT2D eigenvalue weighted by atomic mass is 19.4. The smallest absolute Gasteiger partial charge is 0.430 e. The standard InChI is InChI=1S/C19H18F6O3/c1-2-14(26)12-27-17(18(20,21)22,19(23,24)25)13-8-10-16(11-9-13)28-15-6-4-3-5-7-15/h3-11,14,26H,2,12H2,1H3. The van der Waals surface area contributed by atoms with E-state index in [0.29, 0.717) is 17.9 Å². The van der Waals surface area contributed by atoms with Crippen molar-refractivity contribution in [3.05, 3.63) is 60.2 Å². The lowest BCUT2D eigenvalue weighted by molar-refractivity contribution is -0.392. The maximum Gasteiger partial charge on any atom is 0.430 e. The Morgan fingerprint density at radius 2 is 1.32 bits per heavy atom. The summed E-state index contributed by atoms with van der Waals surface area (Å²) in [5, 5.41) is 9.43. The number of hydrogen-bond acceptors (Lipinski definition) is 3. The first-order valence-electron chi connectivity index (χ1n) is 8.30. The summed E-state index contributed by atoms with van der Waals surface area (Å²) in [5.41, 5.74) is -5.72. The fourth-order valence-electron chi connectivity index (χ4n) is 2.46. The number of halogens is 6. The van der Waals surface area contributed by atoms with E-state index in [0.717, 1.165) is 12.1 Å². The number of rotatable bonds is 7. The van der Waals surface area contributed by atoms with Crippen LogP contribution in [0.1, 0.15) is 18.9 Å². The molecule has 0 saturated carbocycles. The van der Waals surface area contributed by atoms with E-state index in [1.54, 1.807) is 30.3 Å². The third kappa shape index (κ3) is 4.59. The van der Waals surface area contributed by atoms with E-state index < -0.39 is 36.2 Å². The molecular weight excluding hydrogens is 390 g/mol. The number of benzene rings is 2. The Morgan fingerprint density at radius 1 is 0.821 bits per heavy atom. The van der Waals surface area contributed by atoms with Crippen LogP contribution >= 0.6 is 0 Å². The number of alkyl halides is 6. The fraction of sp³-hybridized carbons (Fsp3) is 0.368. The Hall–Kier alpha value is -2.26. The molecule has 0 aliphatic carbocycles. The normalized spacial score (nSPS) is 14.0. The van der Waals surface area contributed by atoms with Crippen LogP contribution in [0.25, 0.3) is 0 Å². The first kappa shape index (κ1) is 22.0. The molecule has 0 saturated heterocycles. The van der Waals surface area contributed by atoms with Gasteiger partial charge in [0.15, 0.2) is 0 Å². The van der Waals surface area contributed by atoms with Gasteiger partial charge in [0.25, 0.3) is 5.60 Å². The summed E-state index contributed by atoms with van der Waals surface area (Å²) >= 11 is 0. The van der Waals surface area contributed by atoms with Crippen LogP contribution in [-0.2, 0) is 10.3 Å². The summed E-state index contributed by atoms with van der Waals surface area (Å²) in [6.45, 7) is 0.282. The summed E-state index contributed by atoms with van der Waals surface area (Å²) < 4.78 is 91.3. The van der Waals surface area contributed by atoms with Crippen molar-refractivity contribution in [2.45, 2.75) is 37.4 Å². The van der Waals surface area contributed by atoms with E-state index in [9.17, 15) is 31.4 Å². The van der Waals surface area contributed by atoms with Gasteiger partial charge in [0, 0.05) is 5.56 Å². The molecule has 3 nitrogen and oxygen atoms in total. The molecule has 9 heteroatoms. The molecule has 154 valence electrons. The zero-order valence-electron chi connectivity index (χ0n) is 14.7. The molecule has 28 heavy (non-hydrogen) atoms. The maximum absolute atomic E-state index is 13.6. The first-order chi connectivity index (χ1) is 13.0. The molecule has 1 N–H and O–H groups in total. The van der Waals surface area contributed by atoms with Crippen molar-refractivity contribution in [2.24, 2.45) is 0 Å². The Labute approximate surface area is 157 Å². The van der Waals surface area contributed by atoms with Gasteiger partial charge in [-0.05, 0) is 30.7 Å². The zero-order valence-corrected chi connectivity index (χ0v) is 14.7. The molecule has 0 aliphatic rings. The second-order valence-electron chi connectivity index (χ2n) is 5.99. The van der Waals surface area contributed by atoms with E-state index in [-0.39, 0.29) is 12.2 Å². The SMILES string of the molecule is CCC(O)COC(c1ccc(Oc2ccccc2)cc1)(C(F)(F)F)C(F)(F)F. The van der Waals surface area contributed by atoms with E-state index >= 15 is 0 Å². The van der Waals surface area contributed by atoms with E-state index in [1.807, 2.05) is 0 Å². The number of ether oxygens (including phenoxy) is 2. The molecule has 0 spiro atoms. The minimum atomic E-state index is -5.81. The van der Waals surface area contributed by atoms with Gasteiger partial charge in [0.2, 0.25) is 0 Å². The van der Waals surface area contributed by atoms with Crippen molar-refractivity contribution in [2.75, 3.05) is 6.61 Å². The van der Waals surface area contributed by atoms with Crippen LogP contribution in [0.4, 0.5) is 26.3 Å². The molecule has 2 rings (SSSR count). The molecule has 1 atom stereocenters. The molecule has 0 amide bonds. The van der Waals surface area contributed by atoms with Crippen molar-refractivity contribution in [3.63, 3.8) is 0 Å². The molecule has 2 aromatic carbocycles. The molecule has 0 heterocycles. The third-order valence-electron chi connectivity index (χ3n) is 4.00. The van der Waals surface area contributed by atoms with Crippen LogP contribution < -0.4 is 4.74 Å². The predicted octanol–water partition coefficient (Wildman–Crippen LogP) is 5.59.